The number of ether oxygens (including phenoxy) is 1. The van der Waals surface area contributed by atoms with Crippen LogP contribution in [-0.4, -0.2) is 45.9 Å². The van der Waals surface area contributed by atoms with E-state index in [1.54, 1.807) is 6.20 Å². The van der Waals surface area contributed by atoms with E-state index in [0.29, 0.717) is 24.7 Å². The maximum absolute atomic E-state index is 9.36. The molecule has 1 aliphatic carbocycles. The van der Waals surface area contributed by atoms with Crippen LogP contribution in [0.5, 0.6) is 0 Å². The van der Waals surface area contributed by atoms with Crippen molar-refractivity contribution >= 4 is 26.6 Å². The maximum atomic E-state index is 9.36. The third-order valence-corrected chi connectivity index (χ3v) is 8.20. The molecule has 0 fully saturated rings. The lowest BCUT2D eigenvalue weighted by molar-refractivity contribution is 0.0842. The number of anilines is 1. The van der Waals surface area contributed by atoms with E-state index in [1.807, 2.05) is 16.8 Å². The SMILES string of the molecule is CC1(C)CC(Nc2ccc3c(c2)c(-c2cnco2)nn3COCCS(C)(C)C)c2ccc(C#N)cc21. The Morgan fingerprint density at radius 1 is 1.22 bits per heavy atom. The molecule has 188 valence electrons. The van der Waals surface area contributed by atoms with E-state index in [-0.39, 0.29) is 11.5 Å². The van der Waals surface area contributed by atoms with Gasteiger partial charge in [0.25, 0.3) is 0 Å². The van der Waals surface area contributed by atoms with Gasteiger partial charge in [-0.25, -0.2) is 19.7 Å². The molecule has 2 aromatic carbocycles. The summed E-state index contributed by atoms with van der Waals surface area (Å²) in [5, 5.41) is 18.9. The molecule has 0 aliphatic heterocycles. The van der Waals surface area contributed by atoms with E-state index in [1.165, 1.54) is 17.5 Å². The molecule has 0 bridgehead atoms. The predicted molar refractivity (Wildman–Crippen MR) is 147 cm³/mol. The number of aromatic nitrogens is 3. The normalized spacial score (nSPS) is 17.2. The summed E-state index contributed by atoms with van der Waals surface area (Å²) in [6.45, 7) is 5.58. The first-order valence-corrected chi connectivity index (χ1v) is 15.1. The molecule has 0 radical (unpaired) electrons. The molecular weight excluding hydrogens is 470 g/mol. The van der Waals surface area contributed by atoms with E-state index >= 15 is 0 Å². The molecule has 4 aromatic rings. The summed E-state index contributed by atoms with van der Waals surface area (Å²) in [5.74, 6) is 1.69. The quantitative estimate of drug-likeness (QED) is 0.294. The van der Waals surface area contributed by atoms with Gasteiger partial charge in [0, 0.05) is 16.8 Å². The third-order valence-electron chi connectivity index (χ3n) is 6.81. The second-order valence-electron chi connectivity index (χ2n) is 11.0. The molecule has 0 amide bonds. The second kappa shape index (κ2) is 9.30. The molecule has 1 unspecified atom stereocenters. The monoisotopic (exact) mass is 503 g/mol. The van der Waals surface area contributed by atoms with Crippen molar-refractivity contribution in [2.75, 3.05) is 36.4 Å². The fourth-order valence-corrected chi connectivity index (χ4v) is 5.54. The van der Waals surface area contributed by atoms with Crippen molar-refractivity contribution < 1.29 is 9.15 Å². The molecular formula is C28H33N5O2S. The number of benzene rings is 2. The van der Waals surface area contributed by atoms with Gasteiger partial charge in [0.15, 0.2) is 12.2 Å². The van der Waals surface area contributed by atoms with Crippen molar-refractivity contribution in [2.24, 2.45) is 0 Å². The summed E-state index contributed by atoms with van der Waals surface area (Å²) in [6.07, 6.45) is 11.0. The fraction of sp³-hybridized carbons (Fsp3) is 0.393. The van der Waals surface area contributed by atoms with Crippen LogP contribution in [0, 0.1) is 11.3 Å². The number of nitrogens with zero attached hydrogens (tertiary/aromatic N) is 4. The van der Waals surface area contributed by atoms with Gasteiger partial charge in [-0.15, -0.1) is 0 Å². The number of hydrogen-bond donors (Lipinski definition) is 1. The van der Waals surface area contributed by atoms with Gasteiger partial charge in [0.2, 0.25) is 0 Å². The van der Waals surface area contributed by atoms with Crippen LogP contribution >= 0.6 is 10.0 Å². The smallest absolute Gasteiger partial charge is 0.181 e. The minimum absolute atomic E-state index is 0.00798. The van der Waals surface area contributed by atoms with Crippen LogP contribution in [0.3, 0.4) is 0 Å². The molecule has 2 heterocycles. The Morgan fingerprint density at radius 2 is 2.06 bits per heavy atom. The van der Waals surface area contributed by atoms with Gasteiger partial charge in [-0.05, 0) is 72.1 Å². The number of rotatable bonds is 8. The second-order valence-corrected chi connectivity index (χ2v) is 15.6. The van der Waals surface area contributed by atoms with Crippen molar-refractivity contribution in [1.82, 2.24) is 14.8 Å². The predicted octanol–water partition coefficient (Wildman–Crippen LogP) is 6.07. The molecule has 2 aromatic heterocycles. The van der Waals surface area contributed by atoms with Crippen molar-refractivity contribution in [3.05, 3.63) is 65.7 Å². The molecule has 8 heteroatoms. The summed E-state index contributed by atoms with van der Waals surface area (Å²) in [5.41, 5.74) is 5.94. The minimum Gasteiger partial charge on any atom is -0.442 e. The summed E-state index contributed by atoms with van der Waals surface area (Å²) in [6, 6.07) is 14.8. The van der Waals surface area contributed by atoms with Crippen LogP contribution in [-0.2, 0) is 16.9 Å². The van der Waals surface area contributed by atoms with Crippen molar-refractivity contribution in [1.29, 1.82) is 5.26 Å². The molecule has 1 N–H and O–H groups in total. The van der Waals surface area contributed by atoms with E-state index < -0.39 is 10.0 Å². The van der Waals surface area contributed by atoms with Crippen molar-refractivity contribution in [3.8, 4) is 17.5 Å². The Kier molecular flexibility index (Phi) is 6.31. The Hall–Kier alpha value is -3.28. The zero-order valence-electron chi connectivity index (χ0n) is 21.5. The minimum atomic E-state index is -0.604. The van der Waals surface area contributed by atoms with E-state index in [4.69, 9.17) is 14.3 Å². The van der Waals surface area contributed by atoms with Crippen molar-refractivity contribution in [2.45, 2.75) is 38.5 Å². The van der Waals surface area contributed by atoms with Crippen LogP contribution < -0.4 is 5.32 Å². The zero-order valence-corrected chi connectivity index (χ0v) is 22.4. The van der Waals surface area contributed by atoms with Crippen molar-refractivity contribution in [3.63, 3.8) is 0 Å². The largest absolute Gasteiger partial charge is 0.442 e. The van der Waals surface area contributed by atoms with E-state index in [0.717, 1.165) is 34.5 Å². The molecule has 36 heavy (non-hydrogen) atoms. The summed E-state index contributed by atoms with van der Waals surface area (Å²) in [4.78, 5) is 4.09. The van der Waals surface area contributed by atoms with Crippen LogP contribution in [0.25, 0.3) is 22.4 Å². The zero-order chi connectivity index (χ0) is 25.5. The van der Waals surface area contributed by atoms with Gasteiger partial charge < -0.3 is 14.5 Å². The van der Waals surface area contributed by atoms with Gasteiger partial charge in [0.05, 0.1) is 36.0 Å². The van der Waals surface area contributed by atoms with Gasteiger partial charge in [-0.2, -0.15) is 10.4 Å². The van der Waals surface area contributed by atoms with E-state index in [2.05, 4.69) is 73.3 Å². The lowest BCUT2D eigenvalue weighted by atomic mass is 9.86. The lowest BCUT2D eigenvalue weighted by Gasteiger charge is -2.24. The van der Waals surface area contributed by atoms with Gasteiger partial charge in [-0.3, -0.25) is 0 Å². The molecule has 7 nitrogen and oxygen atoms in total. The number of nitrogens with one attached hydrogen (secondary N) is 1. The lowest BCUT2D eigenvalue weighted by Crippen LogP contribution is -2.14. The molecule has 5 rings (SSSR count). The Bertz CT molecular complexity index is 1430. The molecule has 1 atom stereocenters. The average Bonchev–Trinajstić information content (AvgIpc) is 3.53. The van der Waals surface area contributed by atoms with Crippen LogP contribution in [0.15, 0.2) is 53.4 Å². The first kappa shape index (κ1) is 24.4. The van der Waals surface area contributed by atoms with Gasteiger partial charge in [-0.1, -0.05) is 19.9 Å². The Balaban J connectivity index is 1.44. The van der Waals surface area contributed by atoms with Gasteiger partial charge in [0.1, 0.15) is 12.4 Å². The topological polar surface area (TPSA) is 88.9 Å². The molecule has 0 spiro atoms. The number of oxazole rings is 1. The fourth-order valence-electron chi connectivity index (χ4n) is 4.92. The van der Waals surface area contributed by atoms with E-state index in [9.17, 15) is 5.26 Å². The third kappa shape index (κ3) is 4.86. The highest BCUT2D eigenvalue weighted by molar-refractivity contribution is 8.32. The average molecular weight is 504 g/mol. The Morgan fingerprint density at radius 3 is 2.78 bits per heavy atom. The highest BCUT2D eigenvalue weighted by atomic mass is 32.3. The maximum Gasteiger partial charge on any atom is 0.181 e. The Labute approximate surface area is 213 Å². The molecule has 1 aliphatic rings. The summed E-state index contributed by atoms with van der Waals surface area (Å²) >= 11 is 0. The highest BCUT2D eigenvalue weighted by Gasteiger charge is 2.37. The summed E-state index contributed by atoms with van der Waals surface area (Å²) < 4.78 is 13.5. The van der Waals surface area contributed by atoms with Crippen LogP contribution in [0.1, 0.15) is 43.0 Å². The standard InChI is InChI=1S/C28H33N5O2S/c1-28(2)14-24(21-8-6-19(15-29)12-23(21)28)31-20-7-9-25-22(13-20)27(26-16-30-17-35-26)32-33(25)18-34-10-11-36(3,4)5/h6-9,12-13,16-17,24,31H,10-11,14,18H2,1-5H3. The number of hydrogen-bond acceptors (Lipinski definition) is 6. The first-order chi connectivity index (χ1) is 17.1. The number of fused-ring (bicyclic) bond motifs is 2. The molecule has 0 saturated carbocycles. The highest BCUT2D eigenvalue weighted by Crippen LogP contribution is 2.46. The molecule has 0 saturated heterocycles. The van der Waals surface area contributed by atoms with Gasteiger partial charge >= 0.3 is 0 Å². The first-order valence-electron chi connectivity index (χ1n) is 12.1. The summed E-state index contributed by atoms with van der Waals surface area (Å²) in [7, 11) is -0.604. The number of nitriles is 1. The van der Waals surface area contributed by atoms with Crippen LogP contribution in [0.2, 0.25) is 0 Å². The van der Waals surface area contributed by atoms with Crippen LogP contribution in [0.4, 0.5) is 5.69 Å².